The van der Waals surface area contributed by atoms with Gasteiger partial charge in [-0.15, -0.1) is 10.2 Å². The van der Waals surface area contributed by atoms with Crippen molar-refractivity contribution in [2.45, 2.75) is 43.2 Å². The van der Waals surface area contributed by atoms with Crippen molar-refractivity contribution in [2.24, 2.45) is 0 Å². The smallest absolute Gasteiger partial charge is 0.343 e. The molecule has 9 nitrogen and oxygen atoms in total. The largest absolute Gasteiger partial charge is 0.494 e. The van der Waals surface area contributed by atoms with E-state index in [9.17, 15) is 14.4 Å². The molecule has 3 aromatic rings. The Bertz CT molecular complexity index is 1140. The Labute approximate surface area is 198 Å². The molecular weight excluding hydrogens is 466 g/mol. The number of amides is 1. The number of nitrogens with zero attached hydrogens (tertiary/aromatic N) is 2. The van der Waals surface area contributed by atoms with E-state index in [1.165, 1.54) is 29.2 Å². The Morgan fingerprint density at radius 2 is 1.97 bits per heavy atom. The summed E-state index contributed by atoms with van der Waals surface area (Å²) in [6.07, 6.45) is 3.45. The van der Waals surface area contributed by atoms with Crippen LogP contribution >= 0.6 is 23.1 Å². The maximum atomic E-state index is 12.3. The minimum Gasteiger partial charge on any atom is -0.494 e. The van der Waals surface area contributed by atoms with Crippen molar-refractivity contribution in [2.75, 3.05) is 11.9 Å². The van der Waals surface area contributed by atoms with Crippen LogP contribution in [0.5, 0.6) is 11.5 Å². The zero-order chi connectivity index (χ0) is 23.6. The van der Waals surface area contributed by atoms with Crippen molar-refractivity contribution in [1.29, 1.82) is 0 Å². The standard InChI is InChI=1S/C22H23N3O6S2/c1-3-5-10-29-15-8-6-14(7-9-15)20(28)31-18-12-30-16(11-17(18)26)13-32-22-25-24-21(33-22)23-19(27)4-2/h6-9,11-12H,3-5,10,13H2,1-2H3,(H,23,24,27). The Morgan fingerprint density at radius 1 is 1.18 bits per heavy atom. The van der Waals surface area contributed by atoms with Gasteiger partial charge in [-0.3, -0.25) is 9.59 Å². The first kappa shape index (κ1) is 24.5. The maximum Gasteiger partial charge on any atom is 0.343 e. The summed E-state index contributed by atoms with van der Waals surface area (Å²) in [5, 5.41) is 10.9. The van der Waals surface area contributed by atoms with E-state index >= 15 is 0 Å². The Balaban J connectivity index is 1.54. The number of rotatable bonds is 11. The number of unbranched alkanes of at least 4 members (excludes halogenated alkanes) is 1. The summed E-state index contributed by atoms with van der Waals surface area (Å²) >= 11 is 2.53. The first-order valence-corrected chi connectivity index (χ1v) is 12.1. The minimum absolute atomic E-state index is 0.143. The average molecular weight is 490 g/mol. The molecule has 0 aliphatic heterocycles. The molecule has 0 bridgehead atoms. The molecule has 0 saturated heterocycles. The Kier molecular flexibility index (Phi) is 9.02. The Hall–Kier alpha value is -3.18. The molecule has 3 rings (SSSR count). The fourth-order valence-corrected chi connectivity index (χ4v) is 4.09. The lowest BCUT2D eigenvalue weighted by molar-refractivity contribution is -0.115. The summed E-state index contributed by atoms with van der Waals surface area (Å²) in [7, 11) is 0. The molecule has 33 heavy (non-hydrogen) atoms. The molecule has 0 unspecified atom stereocenters. The SMILES string of the molecule is CCCCOc1ccc(C(=O)Oc2coc(CSc3nnc(NC(=O)CC)s3)cc2=O)cc1. The van der Waals surface area contributed by atoms with E-state index in [1.54, 1.807) is 31.2 Å². The van der Waals surface area contributed by atoms with Gasteiger partial charge in [-0.2, -0.15) is 0 Å². The average Bonchev–Trinajstić information content (AvgIpc) is 3.27. The molecule has 0 aliphatic rings. The fraction of sp³-hybridized carbons (Fsp3) is 0.318. The van der Waals surface area contributed by atoms with Crippen molar-refractivity contribution in [3.63, 3.8) is 0 Å². The van der Waals surface area contributed by atoms with Gasteiger partial charge in [0, 0.05) is 12.5 Å². The van der Waals surface area contributed by atoms with Crippen molar-refractivity contribution < 1.29 is 23.5 Å². The molecule has 1 N–H and O–H groups in total. The summed E-state index contributed by atoms with van der Waals surface area (Å²) in [5.74, 6) is 0.358. The number of nitrogens with one attached hydrogen (secondary N) is 1. The molecule has 2 heterocycles. The van der Waals surface area contributed by atoms with Crippen molar-refractivity contribution in [1.82, 2.24) is 10.2 Å². The normalized spacial score (nSPS) is 10.6. The number of ether oxygens (including phenoxy) is 2. The lowest BCUT2D eigenvalue weighted by atomic mass is 10.2. The zero-order valence-electron chi connectivity index (χ0n) is 18.2. The van der Waals surface area contributed by atoms with Crippen LogP contribution in [0.25, 0.3) is 0 Å². The molecular formula is C22H23N3O6S2. The molecule has 11 heteroatoms. The van der Waals surface area contributed by atoms with Gasteiger partial charge in [-0.1, -0.05) is 43.4 Å². The van der Waals surface area contributed by atoms with E-state index < -0.39 is 11.4 Å². The number of carbonyl (C=O) groups excluding carboxylic acids is 2. The minimum atomic E-state index is -0.667. The predicted octanol–water partition coefficient (Wildman–Crippen LogP) is 4.53. The number of thioether (sulfide) groups is 1. The second kappa shape index (κ2) is 12.2. The van der Waals surface area contributed by atoms with Gasteiger partial charge < -0.3 is 19.2 Å². The lowest BCUT2D eigenvalue weighted by Crippen LogP contribution is -2.14. The van der Waals surface area contributed by atoms with Crippen molar-refractivity contribution >= 4 is 40.1 Å². The summed E-state index contributed by atoms with van der Waals surface area (Å²) in [6.45, 7) is 4.44. The molecule has 174 valence electrons. The Morgan fingerprint density at radius 3 is 2.67 bits per heavy atom. The van der Waals surface area contributed by atoms with Gasteiger partial charge in [0.2, 0.25) is 22.2 Å². The number of aromatic nitrogens is 2. The molecule has 0 fully saturated rings. The van der Waals surface area contributed by atoms with Gasteiger partial charge in [-0.05, 0) is 30.7 Å². The van der Waals surface area contributed by atoms with E-state index in [4.69, 9.17) is 13.9 Å². The van der Waals surface area contributed by atoms with Crippen molar-refractivity contribution in [3.8, 4) is 11.5 Å². The molecule has 0 saturated carbocycles. The first-order valence-electron chi connectivity index (χ1n) is 10.3. The molecule has 0 atom stereocenters. The summed E-state index contributed by atoms with van der Waals surface area (Å²) in [6, 6.07) is 7.79. The van der Waals surface area contributed by atoms with Gasteiger partial charge in [-0.25, -0.2) is 4.79 Å². The number of anilines is 1. The maximum absolute atomic E-state index is 12.3. The second-order valence-electron chi connectivity index (χ2n) is 6.75. The van der Waals surface area contributed by atoms with Crippen LogP contribution in [-0.2, 0) is 10.5 Å². The monoisotopic (exact) mass is 489 g/mol. The van der Waals surface area contributed by atoms with E-state index in [0.717, 1.165) is 19.1 Å². The number of carbonyl (C=O) groups is 2. The van der Waals surface area contributed by atoms with Crippen LogP contribution in [0.3, 0.4) is 0 Å². The molecule has 1 aromatic carbocycles. The third-order valence-corrected chi connectivity index (χ3v) is 6.22. The highest BCUT2D eigenvalue weighted by Crippen LogP contribution is 2.28. The molecule has 0 radical (unpaired) electrons. The van der Waals surface area contributed by atoms with Gasteiger partial charge in [0.25, 0.3) is 0 Å². The number of hydrogen-bond donors (Lipinski definition) is 1. The molecule has 1 amide bonds. The highest BCUT2D eigenvalue weighted by Gasteiger charge is 2.14. The highest BCUT2D eigenvalue weighted by molar-refractivity contribution is 8.00. The van der Waals surface area contributed by atoms with Gasteiger partial charge >= 0.3 is 5.97 Å². The zero-order valence-corrected chi connectivity index (χ0v) is 19.8. The van der Waals surface area contributed by atoms with E-state index in [-0.39, 0.29) is 11.7 Å². The van der Waals surface area contributed by atoms with Crippen LogP contribution in [0.1, 0.15) is 49.2 Å². The van der Waals surface area contributed by atoms with Crippen LogP contribution < -0.4 is 20.2 Å². The third-order valence-electron chi connectivity index (χ3n) is 4.22. The lowest BCUT2D eigenvalue weighted by Gasteiger charge is -2.07. The van der Waals surface area contributed by atoms with Crippen LogP contribution in [0, 0.1) is 0 Å². The van der Waals surface area contributed by atoms with Gasteiger partial charge in [0.15, 0.2) is 4.34 Å². The number of hydrogen-bond acceptors (Lipinski definition) is 10. The van der Waals surface area contributed by atoms with Crippen LogP contribution in [0.2, 0.25) is 0 Å². The van der Waals surface area contributed by atoms with E-state index in [0.29, 0.717) is 45.3 Å². The van der Waals surface area contributed by atoms with Gasteiger partial charge in [0.1, 0.15) is 17.8 Å². The van der Waals surface area contributed by atoms with Crippen LogP contribution in [0.4, 0.5) is 5.13 Å². The summed E-state index contributed by atoms with van der Waals surface area (Å²) in [5.41, 5.74) is -0.183. The molecule has 0 aliphatic carbocycles. The van der Waals surface area contributed by atoms with E-state index in [2.05, 4.69) is 22.4 Å². The highest BCUT2D eigenvalue weighted by atomic mass is 32.2. The van der Waals surface area contributed by atoms with Crippen LogP contribution in [-0.4, -0.2) is 28.7 Å². The molecule has 2 aromatic heterocycles. The first-order chi connectivity index (χ1) is 16.0. The number of benzene rings is 1. The van der Waals surface area contributed by atoms with Crippen LogP contribution in [0.15, 0.2) is 50.1 Å². The quantitative estimate of drug-likeness (QED) is 0.179. The second-order valence-corrected chi connectivity index (χ2v) is 8.95. The summed E-state index contributed by atoms with van der Waals surface area (Å²) < 4.78 is 16.8. The topological polar surface area (TPSA) is 121 Å². The summed E-state index contributed by atoms with van der Waals surface area (Å²) in [4.78, 5) is 36.1. The third kappa shape index (κ3) is 7.43. The fourth-order valence-electron chi connectivity index (χ4n) is 2.43. The predicted molar refractivity (Wildman–Crippen MR) is 125 cm³/mol. The number of esters is 1. The van der Waals surface area contributed by atoms with E-state index in [1.807, 2.05) is 0 Å². The van der Waals surface area contributed by atoms with Gasteiger partial charge in [0.05, 0.1) is 17.9 Å². The van der Waals surface area contributed by atoms with Crippen molar-refractivity contribution in [3.05, 3.63) is 58.1 Å². The molecule has 0 spiro atoms.